The molecule has 33 heavy (non-hydrogen) atoms. The minimum atomic E-state index is -3.52. The SMILES string of the molecule is CCC(=O)C[C@H]1CCN(S(=O)(=O)c2ccc(-c3ccc(CCN4CCC[C@H]4C)cc3)cc2)C1. The number of sulfonamides is 1. The van der Waals surface area contributed by atoms with Crippen molar-refractivity contribution in [3.63, 3.8) is 0 Å². The largest absolute Gasteiger partial charge is 0.300 e. The van der Waals surface area contributed by atoms with Gasteiger partial charge in [0.15, 0.2) is 0 Å². The average Bonchev–Trinajstić information content (AvgIpc) is 3.47. The Morgan fingerprint density at radius 2 is 1.64 bits per heavy atom. The fourth-order valence-electron chi connectivity index (χ4n) is 5.08. The number of ketones is 1. The van der Waals surface area contributed by atoms with Gasteiger partial charge in [-0.2, -0.15) is 4.31 Å². The molecule has 2 heterocycles. The summed E-state index contributed by atoms with van der Waals surface area (Å²) in [7, 11) is -3.52. The number of nitrogens with zero attached hydrogens (tertiary/aromatic N) is 2. The lowest BCUT2D eigenvalue weighted by Crippen LogP contribution is -2.29. The van der Waals surface area contributed by atoms with Crippen LogP contribution in [0, 0.1) is 5.92 Å². The highest BCUT2D eigenvalue weighted by Gasteiger charge is 2.33. The molecule has 0 bridgehead atoms. The molecular formula is C27H36N2O3S. The van der Waals surface area contributed by atoms with E-state index in [1.54, 1.807) is 12.1 Å². The maximum Gasteiger partial charge on any atom is 0.243 e. The molecule has 2 aromatic rings. The molecule has 2 aromatic carbocycles. The van der Waals surface area contributed by atoms with Crippen LogP contribution < -0.4 is 0 Å². The van der Waals surface area contributed by atoms with Crippen LogP contribution in [0.15, 0.2) is 53.4 Å². The Balaban J connectivity index is 1.37. The summed E-state index contributed by atoms with van der Waals surface area (Å²) in [6.45, 7) is 7.42. The summed E-state index contributed by atoms with van der Waals surface area (Å²) >= 11 is 0. The second-order valence-electron chi connectivity index (χ2n) is 9.61. The van der Waals surface area contributed by atoms with E-state index in [0.29, 0.717) is 36.9 Å². The molecule has 0 N–H and O–H groups in total. The summed E-state index contributed by atoms with van der Waals surface area (Å²) in [5.41, 5.74) is 3.44. The molecule has 6 heteroatoms. The van der Waals surface area contributed by atoms with Crippen LogP contribution in [0.4, 0.5) is 0 Å². The van der Waals surface area contributed by atoms with Gasteiger partial charge in [0, 0.05) is 38.5 Å². The summed E-state index contributed by atoms with van der Waals surface area (Å²) in [6.07, 6.45) is 5.43. The van der Waals surface area contributed by atoms with E-state index in [-0.39, 0.29) is 11.7 Å². The van der Waals surface area contributed by atoms with Crippen molar-refractivity contribution in [1.29, 1.82) is 0 Å². The zero-order valence-electron chi connectivity index (χ0n) is 19.9. The van der Waals surface area contributed by atoms with Gasteiger partial charge >= 0.3 is 0 Å². The van der Waals surface area contributed by atoms with Gasteiger partial charge in [0.1, 0.15) is 5.78 Å². The summed E-state index contributed by atoms with van der Waals surface area (Å²) in [4.78, 5) is 14.6. The highest BCUT2D eigenvalue weighted by Crippen LogP contribution is 2.28. The highest BCUT2D eigenvalue weighted by atomic mass is 32.2. The third-order valence-corrected chi connectivity index (χ3v) is 9.20. The summed E-state index contributed by atoms with van der Waals surface area (Å²) < 4.78 is 27.7. The Labute approximate surface area is 198 Å². The van der Waals surface area contributed by atoms with Gasteiger partial charge in [-0.25, -0.2) is 8.42 Å². The second kappa shape index (κ2) is 10.5. The summed E-state index contributed by atoms with van der Waals surface area (Å²) in [6, 6.07) is 16.5. The Morgan fingerprint density at radius 3 is 2.24 bits per heavy atom. The van der Waals surface area contributed by atoms with Gasteiger partial charge in [-0.05, 0) is 73.9 Å². The van der Waals surface area contributed by atoms with Crippen LogP contribution in [0.2, 0.25) is 0 Å². The van der Waals surface area contributed by atoms with Crippen LogP contribution in [0.25, 0.3) is 11.1 Å². The third kappa shape index (κ3) is 5.73. The van der Waals surface area contributed by atoms with Gasteiger partial charge in [-0.1, -0.05) is 43.3 Å². The third-order valence-electron chi connectivity index (χ3n) is 7.32. The number of Topliss-reactive ketones (excluding diaryl/α,β-unsaturated/α-hetero) is 1. The number of carbonyl (C=O) groups is 1. The molecule has 0 aliphatic carbocycles. The number of carbonyl (C=O) groups excluding carboxylic acids is 1. The van der Waals surface area contributed by atoms with Crippen LogP contribution in [-0.2, 0) is 21.2 Å². The first-order valence-electron chi connectivity index (χ1n) is 12.3. The first-order chi connectivity index (χ1) is 15.9. The van der Waals surface area contributed by atoms with E-state index in [2.05, 4.69) is 36.1 Å². The van der Waals surface area contributed by atoms with Crippen molar-refractivity contribution in [2.45, 2.75) is 63.3 Å². The Hall–Kier alpha value is -2.02. The standard InChI is InChI=1S/C27H36N2O3S/c1-3-26(30)19-23-15-18-29(20-23)33(31,32)27-12-10-25(11-13-27)24-8-6-22(7-9-24)14-17-28-16-4-5-21(28)2/h6-13,21,23H,3-5,14-20H2,1-2H3/t21-,23-/m1/s1. The highest BCUT2D eigenvalue weighted by molar-refractivity contribution is 7.89. The normalized spacial score (nSPS) is 22.1. The molecule has 0 saturated carbocycles. The molecule has 2 aliphatic rings. The number of likely N-dealkylation sites (tertiary alicyclic amines) is 1. The molecule has 0 unspecified atom stereocenters. The molecule has 0 aromatic heterocycles. The number of rotatable bonds is 9. The van der Waals surface area contributed by atoms with Crippen LogP contribution in [0.1, 0.15) is 51.5 Å². The fraction of sp³-hybridized carbons (Fsp3) is 0.519. The monoisotopic (exact) mass is 468 g/mol. The fourth-order valence-corrected chi connectivity index (χ4v) is 6.61. The lowest BCUT2D eigenvalue weighted by atomic mass is 10.0. The van der Waals surface area contributed by atoms with Crippen molar-refractivity contribution < 1.29 is 13.2 Å². The predicted molar refractivity (Wildman–Crippen MR) is 133 cm³/mol. The first-order valence-corrected chi connectivity index (χ1v) is 13.8. The molecule has 0 radical (unpaired) electrons. The maximum absolute atomic E-state index is 13.1. The lowest BCUT2D eigenvalue weighted by molar-refractivity contribution is -0.119. The van der Waals surface area contributed by atoms with Crippen molar-refractivity contribution >= 4 is 15.8 Å². The first kappa shape index (κ1) is 24.1. The lowest BCUT2D eigenvalue weighted by Gasteiger charge is -2.20. The molecule has 2 fully saturated rings. The average molecular weight is 469 g/mol. The minimum absolute atomic E-state index is 0.138. The van der Waals surface area contributed by atoms with E-state index in [9.17, 15) is 13.2 Å². The van der Waals surface area contributed by atoms with Crippen molar-refractivity contribution in [2.24, 2.45) is 5.92 Å². The van der Waals surface area contributed by atoms with Crippen LogP contribution in [-0.4, -0.2) is 55.6 Å². The molecule has 178 valence electrons. The van der Waals surface area contributed by atoms with Crippen LogP contribution in [0.5, 0.6) is 0 Å². The van der Waals surface area contributed by atoms with Gasteiger partial charge in [0.2, 0.25) is 10.0 Å². The summed E-state index contributed by atoms with van der Waals surface area (Å²) in [5.74, 6) is 0.346. The molecule has 5 nitrogen and oxygen atoms in total. The molecule has 2 atom stereocenters. The second-order valence-corrected chi connectivity index (χ2v) is 11.6. The van der Waals surface area contributed by atoms with Gasteiger partial charge < -0.3 is 4.90 Å². The Bertz CT molecular complexity index is 1050. The molecular weight excluding hydrogens is 432 g/mol. The zero-order chi connectivity index (χ0) is 23.4. The van der Waals surface area contributed by atoms with Crippen molar-refractivity contribution in [2.75, 3.05) is 26.2 Å². The predicted octanol–water partition coefficient (Wildman–Crippen LogP) is 4.76. The number of hydrogen-bond donors (Lipinski definition) is 0. The van der Waals surface area contributed by atoms with E-state index < -0.39 is 10.0 Å². The van der Waals surface area contributed by atoms with Crippen LogP contribution >= 0.6 is 0 Å². The molecule has 0 spiro atoms. The number of benzene rings is 2. The van der Waals surface area contributed by atoms with Gasteiger partial charge in [0.05, 0.1) is 4.90 Å². The smallest absolute Gasteiger partial charge is 0.243 e. The van der Waals surface area contributed by atoms with Crippen molar-refractivity contribution in [3.05, 3.63) is 54.1 Å². The van der Waals surface area contributed by atoms with Crippen molar-refractivity contribution in [3.8, 4) is 11.1 Å². The molecule has 4 rings (SSSR count). The topological polar surface area (TPSA) is 57.7 Å². The number of hydrogen-bond acceptors (Lipinski definition) is 4. The molecule has 2 saturated heterocycles. The van der Waals surface area contributed by atoms with Crippen LogP contribution in [0.3, 0.4) is 0 Å². The van der Waals surface area contributed by atoms with E-state index >= 15 is 0 Å². The molecule has 2 aliphatic heterocycles. The van der Waals surface area contributed by atoms with E-state index in [1.165, 1.54) is 29.3 Å². The van der Waals surface area contributed by atoms with Gasteiger partial charge in [0.25, 0.3) is 0 Å². The molecule has 0 amide bonds. The Kier molecular flexibility index (Phi) is 7.67. The van der Waals surface area contributed by atoms with E-state index in [0.717, 1.165) is 30.5 Å². The summed E-state index contributed by atoms with van der Waals surface area (Å²) in [5, 5.41) is 0. The van der Waals surface area contributed by atoms with E-state index in [4.69, 9.17) is 0 Å². The van der Waals surface area contributed by atoms with E-state index in [1.807, 2.05) is 19.1 Å². The quantitative estimate of drug-likeness (QED) is 0.532. The Morgan fingerprint density at radius 1 is 0.970 bits per heavy atom. The zero-order valence-corrected chi connectivity index (χ0v) is 20.7. The minimum Gasteiger partial charge on any atom is -0.300 e. The van der Waals surface area contributed by atoms with Gasteiger partial charge in [-0.3, -0.25) is 4.79 Å². The van der Waals surface area contributed by atoms with Gasteiger partial charge in [-0.15, -0.1) is 0 Å². The van der Waals surface area contributed by atoms with Crippen molar-refractivity contribution in [1.82, 2.24) is 9.21 Å². The maximum atomic E-state index is 13.1.